The Kier molecular flexibility index (Phi) is 7.29. The van der Waals surface area contributed by atoms with E-state index in [1.54, 1.807) is 0 Å². The monoisotopic (exact) mass is 243 g/mol. The fourth-order valence-electron chi connectivity index (χ4n) is 0.968. The van der Waals surface area contributed by atoms with E-state index in [1.807, 2.05) is 20.8 Å². The highest BCUT2D eigenvalue weighted by molar-refractivity contribution is 6.29. The van der Waals surface area contributed by atoms with Crippen LogP contribution < -0.4 is 11.1 Å². The number of hydrogen-bond acceptors (Lipinski definition) is 3. The van der Waals surface area contributed by atoms with Crippen molar-refractivity contribution in [3.63, 3.8) is 0 Å². The predicted molar refractivity (Wildman–Crippen MR) is 67.6 cm³/mol. The minimum atomic E-state index is -0.214. The Morgan fingerprint density at radius 3 is 2.69 bits per heavy atom. The number of amides is 1. The standard InChI is InChI=1S/C9H12ClN3O.C2H6/c1-2-3-12-9(14)6-5-13-8(10)4-7(6)11;1-2/h4-5H,2-3H2,1H3,(H2,11,13)(H,12,14);1-2H3. The third-order valence-electron chi connectivity index (χ3n) is 1.68. The minimum Gasteiger partial charge on any atom is -0.398 e. The highest BCUT2D eigenvalue weighted by Gasteiger charge is 2.09. The molecule has 0 unspecified atom stereocenters. The zero-order valence-electron chi connectivity index (χ0n) is 9.88. The third-order valence-corrected chi connectivity index (χ3v) is 1.89. The highest BCUT2D eigenvalue weighted by Crippen LogP contribution is 2.14. The summed E-state index contributed by atoms with van der Waals surface area (Å²) in [6.45, 7) is 6.60. The second-order valence-electron chi connectivity index (χ2n) is 2.85. The minimum absolute atomic E-state index is 0.214. The number of aromatic nitrogens is 1. The average molecular weight is 244 g/mol. The van der Waals surface area contributed by atoms with Crippen molar-refractivity contribution in [1.82, 2.24) is 10.3 Å². The summed E-state index contributed by atoms with van der Waals surface area (Å²) in [6.07, 6.45) is 2.26. The summed E-state index contributed by atoms with van der Waals surface area (Å²) in [7, 11) is 0. The Morgan fingerprint density at radius 2 is 2.19 bits per heavy atom. The SMILES string of the molecule is CC.CCCNC(=O)c1cnc(Cl)cc1N. The van der Waals surface area contributed by atoms with Crippen LogP contribution in [0, 0.1) is 0 Å². The fraction of sp³-hybridized carbons (Fsp3) is 0.455. The molecule has 0 aliphatic carbocycles. The maximum Gasteiger partial charge on any atom is 0.254 e. The number of rotatable bonds is 3. The molecule has 0 aliphatic rings. The summed E-state index contributed by atoms with van der Waals surface area (Å²) in [4.78, 5) is 15.3. The van der Waals surface area contributed by atoms with Crippen molar-refractivity contribution in [2.24, 2.45) is 0 Å². The van der Waals surface area contributed by atoms with Crippen molar-refractivity contribution < 1.29 is 4.79 Å². The quantitative estimate of drug-likeness (QED) is 0.802. The van der Waals surface area contributed by atoms with Crippen LogP contribution in [0.5, 0.6) is 0 Å². The molecule has 90 valence electrons. The van der Waals surface area contributed by atoms with Crippen LogP contribution in [-0.4, -0.2) is 17.4 Å². The average Bonchev–Trinajstić information content (AvgIpc) is 2.28. The first-order chi connectivity index (χ1) is 7.65. The van der Waals surface area contributed by atoms with Crippen molar-refractivity contribution >= 4 is 23.2 Å². The van der Waals surface area contributed by atoms with E-state index in [9.17, 15) is 4.79 Å². The lowest BCUT2D eigenvalue weighted by molar-refractivity contribution is 0.0954. The second-order valence-corrected chi connectivity index (χ2v) is 3.24. The van der Waals surface area contributed by atoms with Gasteiger partial charge in [0.05, 0.1) is 5.56 Å². The van der Waals surface area contributed by atoms with E-state index < -0.39 is 0 Å². The molecule has 1 aromatic heterocycles. The molecule has 0 aliphatic heterocycles. The first kappa shape index (κ1) is 14.7. The number of nitrogens with zero attached hydrogens (tertiary/aromatic N) is 1. The molecule has 4 nitrogen and oxygen atoms in total. The van der Waals surface area contributed by atoms with E-state index in [0.29, 0.717) is 17.8 Å². The predicted octanol–water partition coefficient (Wildman–Crippen LogP) is 2.48. The van der Waals surface area contributed by atoms with Crippen LogP contribution >= 0.6 is 11.6 Å². The van der Waals surface area contributed by atoms with Gasteiger partial charge in [-0.15, -0.1) is 0 Å². The van der Waals surface area contributed by atoms with Crippen molar-refractivity contribution in [2.75, 3.05) is 12.3 Å². The molecule has 1 amide bonds. The largest absolute Gasteiger partial charge is 0.398 e. The maximum absolute atomic E-state index is 11.5. The summed E-state index contributed by atoms with van der Waals surface area (Å²) in [5.41, 5.74) is 6.32. The molecule has 1 heterocycles. The van der Waals surface area contributed by atoms with Gasteiger partial charge in [0.1, 0.15) is 5.15 Å². The van der Waals surface area contributed by atoms with E-state index in [0.717, 1.165) is 6.42 Å². The van der Waals surface area contributed by atoms with E-state index in [4.69, 9.17) is 17.3 Å². The summed E-state index contributed by atoms with van der Waals surface area (Å²) in [5, 5.41) is 2.99. The second kappa shape index (κ2) is 7.93. The van der Waals surface area contributed by atoms with Crippen LogP contribution in [0.4, 0.5) is 5.69 Å². The molecule has 1 aromatic rings. The number of nitrogen functional groups attached to an aromatic ring is 1. The van der Waals surface area contributed by atoms with Crippen LogP contribution in [0.15, 0.2) is 12.3 Å². The molecule has 0 bridgehead atoms. The molecule has 0 spiro atoms. The van der Waals surface area contributed by atoms with E-state index in [1.165, 1.54) is 12.3 Å². The van der Waals surface area contributed by atoms with Gasteiger partial charge in [-0.1, -0.05) is 32.4 Å². The Morgan fingerprint density at radius 1 is 1.56 bits per heavy atom. The van der Waals surface area contributed by atoms with Crippen LogP contribution in [0.25, 0.3) is 0 Å². The van der Waals surface area contributed by atoms with Crippen LogP contribution in [0.3, 0.4) is 0 Å². The normalized spacial score (nSPS) is 9.00. The van der Waals surface area contributed by atoms with E-state index in [-0.39, 0.29) is 11.1 Å². The Bertz CT molecular complexity index is 342. The van der Waals surface area contributed by atoms with Gasteiger partial charge in [0.25, 0.3) is 5.91 Å². The molecule has 0 saturated heterocycles. The lowest BCUT2D eigenvalue weighted by Crippen LogP contribution is -2.25. The van der Waals surface area contributed by atoms with Gasteiger partial charge in [-0.05, 0) is 12.5 Å². The van der Waals surface area contributed by atoms with Gasteiger partial charge >= 0.3 is 0 Å². The van der Waals surface area contributed by atoms with Gasteiger partial charge in [-0.3, -0.25) is 4.79 Å². The van der Waals surface area contributed by atoms with Gasteiger partial charge in [-0.2, -0.15) is 0 Å². The Balaban J connectivity index is 0.00000106. The van der Waals surface area contributed by atoms with Gasteiger partial charge in [0, 0.05) is 18.4 Å². The van der Waals surface area contributed by atoms with E-state index in [2.05, 4.69) is 10.3 Å². The van der Waals surface area contributed by atoms with Crippen molar-refractivity contribution in [3.05, 3.63) is 23.0 Å². The Labute approximate surface area is 101 Å². The van der Waals surface area contributed by atoms with Gasteiger partial charge in [0.2, 0.25) is 0 Å². The topological polar surface area (TPSA) is 68.0 Å². The highest BCUT2D eigenvalue weighted by atomic mass is 35.5. The number of nitrogens with two attached hydrogens (primary N) is 1. The number of carbonyl (C=O) groups excluding carboxylic acids is 1. The molecule has 5 heteroatoms. The maximum atomic E-state index is 11.5. The third kappa shape index (κ3) is 4.49. The number of anilines is 1. The zero-order chi connectivity index (χ0) is 12.6. The summed E-state index contributed by atoms with van der Waals surface area (Å²) in [5.74, 6) is -0.214. The number of halogens is 1. The fourth-order valence-corrected chi connectivity index (χ4v) is 1.13. The molecular weight excluding hydrogens is 226 g/mol. The molecular formula is C11H18ClN3O. The summed E-state index contributed by atoms with van der Waals surface area (Å²) < 4.78 is 0. The first-order valence-corrected chi connectivity index (χ1v) is 5.72. The van der Waals surface area contributed by atoms with Crippen molar-refractivity contribution in [2.45, 2.75) is 27.2 Å². The Hall–Kier alpha value is -1.29. The lowest BCUT2D eigenvalue weighted by atomic mass is 10.2. The summed E-state index contributed by atoms with van der Waals surface area (Å²) in [6, 6.07) is 1.46. The molecule has 3 N–H and O–H groups in total. The summed E-state index contributed by atoms with van der Waals surface area (Å²) >= 11 is 5.60. The van der Waals surface area contributed by atoms with Gasteiger partial charge < -0.3 is 11.1 Å². The zero-order valence-corrected chi connectivity index (χ0v) is 10.6. The van der Waals surface area contributed by atoms with Crippen molar-refractivity contribution in [1.29, 1.82) is 0 Å². The van der Waals surface area contributed by atoms with Crippen LogP contribution in [0.2, 0.25) is 5.15 Å². The smallest absolute Gasteiger partial charge is 0.254 e. The number of hydrogen-bond donors (Lipinski definition) is 2. The number of carbonyl (C=O) groups is 1. The lowest BCUT2D eigenvalue weighted by Gasteiger charge is -2.05. The molecule has 0 radical (unpaired) electrons. The molecule has 1 rings (SSSR count). The molecule has 0 atom stereocenters. The molecule has 0 saturated carbocycles. The number of pyridine rings is 1. The molecule has 0 aromatic carbocycles. The first-order valence-electron chi connectivity index (χ1n) is 5.34. The van der Waals surface area contributed by atoms with Gasteiger partial charge in [-0.25, -0.2) is 4.98 Å². The number of nitrogens with one attached hydrogen (secondary N) is 1. The molecule has 0 fully saturated rings. The van der Waals surface area contributed by atoms with Gasteiger partial charge in [0.15, 0.2) is 0 Å². The van der Waals surface area contributed by atoms with Crippen LogP contribution in [-0.2, 0) is 0 Å². The van der Waals surface area contributed by atoms with Crippen molar-refractivity contribution in [3.8, 4) is 0 Å². The van der Waals surface area contributed by atoms with E-state index >= 15 is 0 Å². The van der Waals surface area contributed by atoms with Crippen LogP contribution in [0.1, 0.15) is 37.6 Å². The molecule has 16 heavy (non-hydrogen) atoms.